The zero-order valence-electron chi connectivity index (χ0n) is 11.0. The molecule has 0 saturated carbocycles. The third kappa shape index (κ3) is 2.28. The number of nitrogens with one attached hydrogen (secondary N) is 1. The first kappa shape index (κ1) is 12.8. The number of nitrogens with two attached hydrogens (primary N) is 1. The molecule has 0 unspecified atom stereocenters. The van der Waals surface area contributed by atoms with Gasteiger partial charge in [0.15, 0.2) is 0 Å². The molecule has 100 valence electrons. The second kappa shape index (κ2) is 5.02. The van der Waals surface area contributed by atoms with Crippen LogP contribution in [0.25, 0.3) is 10.8 Å². The van der Waals surface area contributed by atoms with Crippen molar-refractivity contribution in [2.24, 2.45) is 0 Å². The second-order valence-corrected chi connectivity index (χ2v) is 5.12. The van der Waals surface area contributed by atoms with Crippen molar-refractivity contribution in [3.05, 3.63) is 59.2 Å². The third-order valence-electron chi connectivity index (χ3n) is 3.29. The zero-order valence-corrected chi connectivity index (χ0v) is 11.8. The summed E-state index contributed by atoms with van der Waals surface area (Å²) in [7, 11) is 0. The number of hydrogen-bond donors (Lipinski definition) is 2. The molecule has 0 atom stereocenters. The van der Waals surface area contributed by atoms with Gasteiger partial charge in [-0.05, 0) is 36.8 Å². The Hall–Kier alpha value is -2.26. The van der Waals surface area contributed by atoms with E-state index in [9.17, 15) is 0 Å². The minimum Gasteiger partial charge on any atom is -0.398 e. The lowest BCUT2D eigenvalue weighted by atomic mass is 10.1. The molecule has 2 aromatic carbocycles. The van der Waals surface area contributed by atoms with Crippen LogP contribution in [0.4, 0.5) is 17.2 Å². The van der Waals surface area contributed by atoms with Gasteiger partial charge in [0.2, 0.25) is 0 Å². The number of nitrogens with zero attached hydrogens (tertiary/aromatic N) is 1. The quantitative estimate of drug-likeness (QED) is 0.680. The van der Waals surface area contributed by atoms with Gasteiger partial charge in [-0.25, -0.2) is 4.98 Å². The fourth-order valence-corrected chi connectivity index (χ4v) is 2.36. The molecule has 0 aliphatic heterocycles. The second-order valence-electron chi connectivity index (χ2n) is 4.69. The van der Waals surface area contributed by atoms with Crippen LogP contribution in [0.3, 0.4) is 0 Å². The van der Waals surface area contributed by atoms with E-state index in [2.05, 4.69) is 10.3 Å². The summed E-state index contributed by atoms with van der Waals surface area (Å²) in [4.78, 5) is 4.40. The highest BCUT2D eigenvalue weighted by atomic mass is 35.5. The number of hydrogen-bond acceptors (Lipinski definition) is 3. The normalized spacial score (nSPS) is 10.7. The summed E-state index contributed by atoms with van der Waals surface area (Å²) < 4.78 is 0. The van der Waals surface area contributed by atoms with Crippen molar-refractivity contribution in [2.45, 2.75) is 6.92 Å². The van der Waals surface area contributed by atoms with Gasteiger partial charge in [0.25, 0.3) is 0 Å². The molecule has 3 aromatic rings. The van der Waals surface area contributed by atoms with Crippen molar-refractivity contribution < 1.29 is 0 Å². The van der Waals surface area contributed by atoms with E-state index in [1.54, 1.807) is 6.20 Å². The van der Waals surface area contributed by atoms with Crippen LogP contribution >= 0.6 is 11.6 Å². The molecule has 0 radical (unpaired) electrons. The fourth-order valence-electron chi connectivity index (χ4n) is 2.19. The minimum absolute atomic E-state index is 0.692. The Bertz CT molecular complexity index is 784. The lowest BCUT2D eigenvalue weighted by Crippen LogP contribution is -1.97. The Morgan fingerprint density at radius 2 is 1.95 bits per heavy atom. The van der Waals surface area contributed by atoms with Crippen molar-refractivity contribution >= 4 is 39.6 Å². The maximum Gasteiger partial charge on any atom is 0.138 e. The number of benzene rings is 2. The maximum absolute atomic E-state index is 6.05. The highest BCUT2D eigenvalue weighted by Crippen LogP contribution is 2.29. The van der Waals surface area contributed by atoms with Gasteiger partial charge in [-0.1, -0.05) is 29.8 Å². The first-order chi connectivity index (χ1) is 9.65. The molecule has 0 amide bonds. The summed E-state index contributed by atoms with van der Waals surface area (Å²) in [5.41, 5.74) is 8.79. The monoisotopic (exact) mass is 283 g/mol. The molecule has 4 heteroatoms. The predicted molar refractivity (Wildman–Crippen MR) is 85.6 cm³/mol. The van der Waals surface area contributed by atoms with Gasteiger partial charge in [-0.3, -0.25) is 0 Å². The third-order valence-corrected chi connectivity index (χ3v) is 3.53. The van der Waals surface area contributed by atoms with Crippen LogP contribution in [0.15, 0.2) is 48.7 Å². The molecular formula is C16H14ClN3. The summed E-state index contributed by atoms with van der Waals surface area (Å²) in [6, 6.07) is 13.5. The van der Waals surface area contributed by atoms with Gasteiger partial charge in [0.1, 0.15) is 5.82 Å². The Morgan fingerprint density at radius 3 is 2.80 bits per heavy atom. The number of pyridine rings is 1. The van der Waals surface area contributed by atoms with Crippen LogP contribution in [0, 0.1) is 6.92 Å². The van der Waals surface area contributed by atoms with Crippen LogP contribution in [-0.4, -0.2) is 4.98 Å². The van der Waals surface area contributed by atoms with E-state index in [1.165, 1.54) is 0 Å². The van der Waals surface area contributed by atoms with Crippen molar-refractivity contribution in [3.63, 3.8) is 0 Å². The SMILES string of the molecule is Cc1ccc(Cl)cc1Nc1nccc2c(N)cccc12. The lowest BCUT2D eigenvalue weighted by molar-refractivity contribution is 1.32. The molecule has 20 heavy (non-hydrogen) atoms. The Labute approximate surface area is 122 Å². The molecule has 3 nitrogen and oxygen atoms in total. The summed E-state index contributed by atoms with van der Waals surface area (Å²) in [6.45, 7) is 2.03. The van der Waals surface area contributed by atoms with Gasteiger partial charge >= 0.3 is 0 Å². The summed E-state index contributed by atoms with van der Waals surface area (Å²) in [5.74, 6) is 0.778. The number of nitrogen functional groups attached to an aromatic ring is 1. The van der Waals surface area contributed by atoms with Gasteiger partial charge in [-0.15, -0.1) is 0 Å². The van der Waals surface area contributed by atoms with E-state index in [0.717, 1.165) is 33.5 Å². The highest BCUT2D eigenvalue weighted by Gasteiger charge is 2.06. The number of halogens is 1. The zero-order chi connectivity index (χ0) is 14.1. The highest BCUT2D eigenvalue weighted by molar-refractivity contribution is 6.30. The first-order valence-electron chi connectivity index (χ1n) is 6.31. The van der Waals surface area contributed by atoms with Crippen LogP contribution in [-0.2, 0) is 0 Å². The Balaban J connectivity index is 2.11. The molecule has 1 heterocycles. The minimum atomic E-state index is 0.692. The van der Waals surface area contributed by atoms with Gasteiger partial charge in [0, 0.05) is 33.4 Å². The van der Waals surface area contributed by atoms with Crippen molar-refractivity contribution in [1.29, 1.82) is 0 Å². The van der Waals surface area contributed by atoms with Crippen molar-refractivity contribution in [3.8, 4) is 0 Å². The standard InChI is InChI=1S/C16H14ClN3/c1-10-5-6-11(17)9-15(10)20-16-13-3-2-4-14(18)12(13)7-8-19-16/h2-9H,18H2,1H3,(H,19,20). The van der Waals surface area contributed by atoms with Crippen molar-refractivity contribution in [1.82, 2.24) is 4.98 Å². The van der Waals surface area contributed by atoms with E-state index in [-0.39, 0.29) is 0 Å². The van der Waals surface area contributed by atoms with E-state index in [1.807, 2.05) is 49.4 Å². The number of fused-ring (bicyclic) bond motifs is 1. The molecule has 0 spiro atoms. The van der Waals surface area contributed by atoms with E-state index < -0.39 is 0 Å². The van der Waals surface area contributed by atoms with Crippen LogP contribution in [0.2, 0.25) is 5.02 Å². The molecule has 1 aromatic heterocycles. The molecule has 3 N–H and O–H groups in total. The number of aromatic nitrogens is 1. The summed E-state index contributed by atoms with van der Waals surface area (Å²) in [5, 5.41) is 6.01. The van der Waals surface area contributed by atoms with Crippen LogP contribution in [0.1, 0.15) is 5.56 Å². The smallest absolute Gasteiger partial charge is 0.138 e. The van der Waals surface area contributed by atoms with Crippen molar-refractivity contribution in [2.75, 3.05) is 11.1 Å². The number of rotatable bonds is 2. The molecule has 0 fully saturated rings. The molecule has 0 aliphatic carbocycles. The topological polar surface area (TPSA) is 50.9 Å². The van der Waals surface area contributed by atoms with Gasteiger partial charge < -0.3 is 11.1 Å². The summed E-state index contributed by atoms with van der Waals surface area (Å²) in [6.07, 6.45) is 1.75. The van der Waals surface area contributed by atoms with E-state index in [4.69, 9.17) is 17.3 Å². The number of aryl methyl sites for hydroxylation is 1. The average Bonchev–Trinajstić information content (AvgIpc) is 2.44. The Kier molecular flexibility index (Phi) is 3.20. The molecule has 0 bridgehead atoms. The molecule has 0 saturated heterocycles. The average molecular weight is 284 g/mol. The molecule has 0 aliphatic rings. The van der Waals surface area contributed by atoms with Crippen LogP contribution < -0.4 is 11.1 Å². The lowest BCUT2D eigenvalue weighted by Gasteiger charge is -2.12. The molecular weight excluding hydrogens is 270 g/mol. The largest absolute Gasteiger partial charge is 0.398 e. The first-order valence-corrected chi connectivity index (χ1v) is 6.69. The van der Waals surface area contributed by atoms with E-state index in [0.29, 0.717) is 5.02 Å². The van der Waals surface area contributed by atoms with E-state index >= 15 is 0 Å². The van der Waals surface area contributed by atoms with Gasteiger partial charge in [-0.2, -0.15) is 0 Å². The fraction of sp³-hybridized carbons (Fsp3) is 0.0625. The van der Waals surface area contributed by atoms with Gasteiger partial charge in [0.05, 0.1) is 0 Å². The number of anilines is 3. The Morgan fingerprint density at radius 1 is 1.10 bits per heavy atom. The summed E-state index contributed by atoms with van der Waals surface area (Å²) >= 11 is 6.05. The maximum atomic E-state index is 6.05. The van der Waals surface area contributed by atoms with Crippen LogP contribution in [0.5, 0.6) is 0 Å². The predicted octanol–water partition coefficient (Wildman–Crippen LogP) is 4.52. The molecule has 3 rings (SSSR count).